The number of hydrogen-bond acceptors (Lipinski definition) is 3. The molecule has 170 valence electrons. The van der Waals surface area contributed by atoms with E-state index in [1.54, 1.807) is 6.07 Å². The molecule has 4 rings (SSSR count). The molecule has 0 unspecified atom stereocenters. The Morgan fingerprint density at radius 1 is 0.938 bits per heavy atom. The second-order valence-electron chi connectivity index (χ2n) is 8.05. The molecule has 0 atom stereocenters. The molecule has 3 aromatic carbocycles. The molecule has 0 radical (unpaired) electrons. The average molecular weight is 461 g/mol. The quantitative estimate of drug-likeness (QED) is 0.396. The third kappa shape index (κ3) is 5.65. The first kappa shape index (κ1) is 23.1. The lowest BCUT2D eigenvalue weighted by molar-refractivity contribution is -0.227. The smallest absolute Gasteiger partial charge is 0.158 e. The van der Waals surface area contributed by atoms with Gasteiger partial charge in [0.1, 0.15) is 17.7 Å². The molecule has 3 aromatic rings. The monoisotopic (exact) mass is 460 g/mol. The first-order valence-corrected chi connectivity index (χ1v) is 11.4. The molecule has 1 saturated heterocycles. The van der Waals surface area contributed by atoms with E-state index in [-0.39, 0.29) is 23.2 Å². The van der Waals surface area contributed by atoms with Crippen LogP contribution in [0.2, 0.25) is 5.02 Å². The number of ether oxygens (including phenoxy) is 3. The fourth-order valence-corrected chi connectivity index (χ4v) is 4.14. The Labute approximate surface area is 192 Å². The highest BCUT2D eigenvalue weighted by Crippen LogP contribution is 2.25. The summed E-state index contributed by atoms with van der Waals surface area (Å²) in [6.07, 6.45) is 2.32. The van der Waals surface area contributed by atoms with Gasteiger partial charge in [0.2, 0.25) is 0 Å². The van der Waals surface area contributed by atoms with E-state index in [0.29, 0.717) is 43.6 Å². The van der Waals surface area contributed by atoms with Gasteiger partial charge in [0.25, 0.3) is 0 Å². The van der Waals surface area contributed by atoms with Crippen molar-refractivity contribution in [3.8, 4) is 0 Å². The molecule has 1 heterocycles. The molecule has 0 spiro atoms. The van der Waals surface area contributed by atoms with E-state index in [1.807, 2.05) is 37.3 Å². The predicted molar refractivity (Wildman–Crippen MR) is 122 cm³/mol. The first-order chi connectivity index (χ1) is 15.5. The number of aryl methyl sites for hydroxylation is 3. The van der Waals surface area contributed by atoms with Gasteiger partial charge < -0.3 is 14.2 Å². The van der Waals surface area contributed by atoms with Gasteiger partial charge in [0, 0.05) is 18.4 Å². The summed E-state index contributed by atoms with van der Waals surface area (Å²) in [6.45, 7) is 3.70. The van der Waals surface area contributed by atoms with Crippen molar-refractivity contribution in [2.45, 2.75) is 45.0 Å². The third-order valence-electron chi connectivity index (χ3n) is 5.77. The van der Waals surface area contributed by atoms with Crippen LogP contribution in [-0.2, 0) is 33.5 Å². The van der Waals surface area contributed by atoms with E-state index in [4.69, 9.17) is 25.8 Å². The minimum absolute atomic E-state index is 0.00723. The number of benzene rings is 3. The van der Waals surface area contributed by atoms with Crippen LogP contribution in [0.3, 0.4) is 0 Å². The highest BCUT2D eigenvalue weighted by atomic mass is 35.5. The summed E-state index contributed by atoms with van der Waals surface area (Å²) in [7, 11) is 0. The van der Waals surface area contributed by atoms with Crippen LogP contribution in [-0.4, -0.2) is 32.2 Å². The van der Waals surface area contributed by atoms with Gasteiger partial charge in [0.05, 0.1) is 18.2 Å². The van der Waals surface area contributed by atoms with Crippen molar-refractivity contribution in [2.24, 2.45) is 0 Å². The van der Waals surface area contributed by atoms with E-state index < -0.39 is 5.82 Å². The number of halogens is 3. The summed E-state index contributed by atoms with van der Waals surface area (Å²) in [6, 6.07) is 14.3. The van der Waals surface area contributed by atoms with Crippen molar-refractivity contribution < 1.29 is 23.0 Å². The average Bonchev–Trinajstić information content (AvgIpc) is 2.80. The van der Waals surface area contributed by atoms with E-state index in [1.165, 1.54) is 12.1 Å². The van der Waals surface area contributed by atoms with Crippen molar-refractivity contribution in [1.29, 1.82) is 0 Å². The zero-order valence-electron chi connectivity index (χ0n) is 18.1. The molecule has 0 aromatic heterocycles. The van der Waals surface area contributed by atoms with E-state index in [0.717, 1.165) is 29.4 Å². The lowest BCUT2D eigenvalue weighted by Crippen LogP contribution is -2.37. The van der Waals surface area contributed by atoms with Crippen LogP contribution in [0.15, 0.2) is 48.5 Å². The molecule has 1 aliphatic rings. The maximum absolute atomic E-state index is 15.1. The Balaban J connectivity index is 1.37. The summed E-state index contributed by atoms with van der Waals surface area (Å²) in [5, 5.41) is 1.55. The SMILES string of the molecule is CCOC1COC(CCc2ccc3c(F)c(CCc4ccc(Cl)c(F)c4)ccc3c2)OC1. The molecule has 0 saturated carbocycles. The van der Waals surface area contributed by atoms with Gasteiger partial charge in [-0.3, -0.25) is 0 Å². The summed E-state index contributed by atoms with van der Waals surface area (Å²) in [4.78, 5) is 0. The topological polar surface area (TPSA) is 27.7 Å². The molecule has 0 aliphatic carbocycles. The maximum Gasteiger partial charge on any atom is 0.158 e. The first-order valence-electron chi connectivity index (χ1n) is 11.0. The van der Waals surface area contributed by atoms with Gasteiger partial charge in [-0.1, -0.05) is 48.0 Å². The summed E-state index contributed by atoms with van der Waals surface area (Å²) in [5.74, 6) is -0.668. The standard InChI is InChI=1S/C26H27ClF2O3/c1-2-30-21-15-31-25(32-16-21)12-6-17-4-10-22-20(13-17)9-8-19(26(22)29)7-3-18-5-11-23(27)24(28)14-18/h4-5,8-11,13-14,21,25H,2-3,6-7,12,15-16H2,1H3. The van der Waals surface area contributed by atoms with Gasteiger partial charge in [-0.15, -0.1) is 0 Å². The van der Waals surface area contributed by atoms with Gasteiger partial charge in [-0.05, 0) is 60.4 Å². The second-order valence-corrected chi connectivity index (χ2v) is 8.46. The molecular formula is C26H27ClF2O3. The van der Waals surface area contributed by atoms with Crippen molar-refractivity contribution in [1.82, 2.24) is 0 Å². The van der Waals surface area contributed by atoms with Crippen LogP contribution in [0.4, 0.5) is 8.78 Å². The van der Waals surface area contributed by atoms with Crippen molar-refractivity contribution in [3.05, 3.63) is 81.9 Å². The van der Waals surface area contributed by atoms with Crippen LogP contribution in [0.1, 0.15) is 30.0 Å². The Kier molecular flexibility index (Phi) is 7.74. The minimum Gasteiger partial charge on any atom is -0.374 e. The second kappa shape index (κ2) is 10.7. The van der Waals surface area contributed by atoms with Crippen molar-refractivity contribution in [2.75, 3.05) is 19.8 Å². The molecule has 0 N–H and O–H groups in total. The minimum atomic E-state index is -0.450. The molecular weight excluding hydrogens is 434 g/mol. The van der Waals surface area contributed by atoms with E-state index in [9.17, 15) is 4.39 Å². The highest BCUT2D eigenvalue weighted by molar-refractivity contribution is 6.30. The Morgan fingerprint density at radius 3 is 2.44 bits per heavy atom. The third-order valence-corrected chi connectivity index (χ3v) is 6.08. The molecule has 1 aliphatic heterocycles. The Hall–Kier alpha value is -2.05. The molecule has 0 bridgehead atoms. The van der Waals surface area contributed by atoms with Gasteiger partial charge in [-0.25, -0.2) is 8.78 Å². The number of fused-ring (bicyclic) bond motifs is 1. The predicted octanol–water partition coefficient (Wildman–Crippen LogP) is 6.27. The summed E-state index contributed by atoms with van der Waals surface area (Å²) in [5.41, 5.74) is 2.52. The molecule has 3 nitrogen and oxygen atoms in total. The maximum atomic E-state index is 15.1. The zero-order chi connectivity index (χ0) is 22.5. The van der Waals surface area contributed by atoms with E-state index in [2.05, 4.69) is 0 Å². The normalized spacial score (nSPS) is 18.9. The molecule has 1 fully saturated rings. The van der Waals surface area contributed by atoms with Gasteiger partial charge in [-0.2, -0.15) is 0 Å². The fraction of sp³-hybridized carbons (Fsp3) is 0.385. The molecule has 6 heteroatoms. The Morgan fingerprint density at radius 2 is 1.69 bits per heavy atom. The van der Waals surface area contributed by atoms with Crippen molar-refractivity contribution in [3.63, 3.8) is 0 Å². The zero-order valence-corrected chi connectivity index (χ0v) is 18.8. The van der Waals surface area contributed by atoms with E-state index >= 15 is 4.39 Å². The molecule has 0 amide bonds. The summed E-state index contributed by atoms with van der Waals surface area (Å²) >= 11 is 5.73. The van der Waals surface area contributed by atoms with Crippen LogP contribution in [0.5, 0.6) is 0 Å². The largest absolute Gasteiger partial charge is 0.374 e. The fourth-order valence-electron chi connectivity index (χ4n) is 4.02. The van der Waals surface area contributed by atoms with Crippen LogP contribution >= 0.6 is 11.6 Å². The van der Waals surface area contributed by atoms with Crippen molar-refractivity contribution >= 4 is 22.4 Å². The lowest BCUT2D eigenvalue weighted by atomic mass is 9.98. The Bertz CT molecular complexity index is 1060. The van der Waals surface area contributed by atoms with Gasteiger partial charge in [0.15, 0.2) is 6.29 Å². The lowest BCUT2D eigenvalue weighted by Gasteiger charge is -2.29. The van der Waals surface area contributed by atoms with Gasteiger partial charge >= 0.3 is 0 Å². The van der Waals surface area contributed by atoms with Crippen LogP contribution in [0.25, 0.3) is 10.8 Å². The van der Waals surface area contributed by atoms with Crippen LogP contribution in [0, 0.1) is 11.6 Å². The number of rotatable bonds is 8. The molecule has 32 heavy (non-hydrogen) atoms. The highest BCUT2D eigenvalue weighted by Gasteiger charge is 2.22. The summed E-state index contributed by atoms with van der Waals surface area (Å²) < 4.78 is 45.7. The van der Waals surface area contributed by atoms with Crippen LogP contribution < -0.4 is 0 Å². The number of hydrogen-bond donors (Lipinski definition) is 0.